The van der Waals surface area contributed by atoms with Crippen LogP contribution in [0.2, 0.25) is 0 Å². The van der Waals surface area contributed by atoms with Crippen molar-refractivity contribution in [3.63, 3.8) is 0 Å². The molecule has 0 bridgehead atoms. The Morgan fingerprint density at radius 1 is 1.26 bits per heavy atom. The highest BCUT2D eigenvalue weighted by Crippen LogP contribution is 2.37. The molecule has 1 aliphatic rings. The van der Waals surface area contributed by atoms with Crippen LogP contribution in [-0.2, 0) is 11.3 Å². The second-order valence-electron chi connectivity index (χ2n) is 5.87. The van der Waals surface area contributed by atoms with Gasteiger partial charge >= 0.3 is 0 Å². The summed E-state index contributed by atoms with van der Waals surface area (Å²) in [7, 11) is 0. The van der Waals surface area contributed by atoms with Crippen LogP contribution in [0.1, 0.15) is 25.0 Å². The van der Waals surface area contributed by atoms with Crippen molar-refractivity contribution < 1.29 is 9.53 Å². The standard InChI is InChI=1S/C17H16N4O2/c1-17(2)16(22)21(10-12-5-3-11(9-18)4-6-12)15-13(23-17)7-8-14(19)20-15/h3-8H,10H2,1-2H3,(H2,19,20). The molecule has 2 aromatic rings. The minimum atomic E-state index is -0.975. The molecular weight excluding hydrogens is 292 g/mol. The lowest BCUT2D eigenvalue weighted by atomic mass is 10.0. The van der Waals surface area contributed by atoms with E-state index in [0.29, 0.717) is 29.5 Å². The zero-order valence-corrected chi connectivity index (χ0v) is 12.9. The van der Waals surface area contributed by atoms with Crippen LogP contribution < -0.4 is 15.4 Å². The third-order valence-electron chi connectivity index (χ3n) is 3.67. The predicted molar refractivity (Wildman–Crippen MR) is 85.7 cm³/mol. The second kappa shape index (κ2) is 5.29. The van der Waals surface area contributed by atoms with Crippen LogP contribution in [0, 0.1) is 11.3 Å². The van der Waals surface area contributed by atoms with Crippen LogP contribution in [0.4, 0.5) is 11.6 Å². The van der Waals surface area contributed by atoms with E-state index in [9.17, 15) is 4.79 Å². The number of aromatic nitrogens is 1. The monoisotopic (exact) mass is 308 g/mol. The number of hydrogen-bond donors (Lipinski definition) is 1. The molecule has 0 spiro atoms. The molecule has 0 fully saturated rings. The zero-order valence-electron chi connectivity index (χ0n) is 12.9. The van der Waals surface area contributed by atoms with Crippen molar-refractivity contribution >= 4 is 17.5 Å². The molecule has 6 heteroatoms. The van der Waals surface area contributed by atoms with Gasteiger partial charge in [-0.1, -0.05) is 12.1 Å². The Bertz CT molecular complexity index is 806. The van der Waals surface area contributed by atoms with Crippen molar-refractivity contribution in [3.05, 3.63) is 47.5 Å². The van der Waals surface area contributed by atoms with Crippen LogP contribution in [0.25, 0.3) is 0 Å². The maximum Gasteiger partial charge on any atom is 0.272 e. The summed E-state index contributed by atoms with van der Waals surface area (Å²) in [5.74, 6) is 1.08. The van der Waals surface area contributed by atoms with Crippen LogP contribution in [0.15, 0.2) is 36.4 Å². The van der Waals surface area contributed by atoms with E-state index in [1.165, 1.54) is 0 Å². The highest BCUT2D eigenvalue weighted by atomic mass is 16.5. The van der Waals surface area contributed by atoms with Crippen molar-refractivity contribution in [2.75, 3.05) is 10.6 Å². The number of nitrogen functional groups attached to an aromatic ring is 1. The fourth-order valence-electron chi connectivity index (χ4n) is 2.48. The molecule has 2 N–H and O–H groups in total. The number of hydrogen-bond acceptors (Lipinski definition) is 5. The maximum atomic E-state index is 12.7. The number of ether oxygens (including phenoxy) is 1. The summed E-state index contributed by atoms with van der Waals surface area (Å²) in [6.07, 6.45) is 0. The second-order valence-corrected chi connectivity index (χ2v) is 5.87. The van der Waals surface area contributed by atoms with Crippen molar-refractivity contribution in [2.24, 2.45) is 0 Å². The average molecular weight is 308 g/mol. The molecular formula is C17H16N4O2. The molecule has 0 atom stereocenters. The SMILES string of the molecule is CC1(C)Oc2ccc(N)nc2N(Cc2ccc(C#N)cc2)C1=O. The first-order valence-corrected chi connectivity index (χ1v) is 7.17. The first-order chi connectivity index (χ1) is 10.9. The number of anilines is 2. The van der Waals surface area contributed by atoms with Gasteiger partial charge in [-0.25, -0.2) is 4.98 Å². The van der Waals surface area contributed by atoms with E-state index in [-0.39, 0.29) is 5.91 Å². The van der Waals surface area contributed by atoms with Gasteiger partial charge in [-0.2, -0.15) is 5.26 Å². The summed E-state index contributed by atoms with van der Waals surface area (Å²) in [6, 6.07) is 12.5. The van der Waals surface area contributed by atoms with E-state index in [1.807, 2.05) is 12.1 Å². The summed E-state index contributed by atoms with van der Waals surface area (Å²) < 4.78 is 5.74. The summed E-state index contributed by atoms with van der Waals surface area (Å²) in [6.45, 7) is 3.78. The molecule has 3 rings (SSSR count). The van der Waals surface area contributed by atoms with Gasteiger partial charge in [0.2, 0.25) is 0 Å². The molecule has 1 aromatic heterocycles. The summed E-state index contributed by atoms with van der Waals surface area (Å²) in [4.78, 5) is 18.5. The molecule has 1 aliphatic heterocycles. The molecule has 0 saturated carbocycles. The minimum Gasteiger partial charge on any atom is -0.474 e. The Hall–Kier alpha value is -3.07. The number of pyridine rings is 1. The van der Waals surface area contributed by atoms with Crippen molar-refractivity contribution in [3.8, 4) is 11.8 Å². The number of carbonyl (C=O) groups is 1. The molecule has 23 heavy (non-hydrogen) atoms. The van der Waals surface area contributed by atoms with E-state index in [0.717, 1.165) is 5.56 Å². The predicted octanol–water partition coefficient (Wildman–Crippen LogP) is 2.24. The number of nitriles is 1. The number of nitrogens with two attached hydrogens (primary N) is 1. The van der Waals surface area contributed by atoms with Gasteiger partial charge in [0.05, 0.1) is 18.2 Å². The molecule has 1 aromatic carbocycles. The van der Waals surface area contributed by atoms with Crippen LogP contribution in [-0.4, -0.2) is 16.5 Å². The summed E-state index contributed by atoms with van der Waals surface area (Å²) in [5, 5.41) is 8.87. The molecule has 6 nitrogen and oxygen atoms in total. The molecule has 0 radical (unpaired) electrons. The third-order valence-corrected chi connectivity index (χ3v) is 3.67. The van der Waals surface area contributed by atoms with E-state index in [2.05, 4.69) is 11.1 Å². The van der Waals surface area contributed by atoms with Gasteiger partial charge in [0.25, 0.3) is 5.91 Å². The fourth-order valence-corrected chi connectivity index (χ4v) is 2.48. The first-order valence-electron chi connectivity index (χ1n) is 7.17. The Morgan fingerprint density at radius 3 is 2.61 bits per heavy atom. The first kappa shape index (κ1) is 14.9. The van der Waals surface area contributed by atoms with E-state index < -0.39 is 5.60 Å². The molecule has 1 amide bonds. The normalized spacial score (nSPS) is 15.5. The summed E-state index contributed by atoms with van der Waals surface area (Å²) >= 11 is 0. The molecule has 2 heterocycles. The van der Waals surface area contributed by atoms with E-state index in [1.54, 1.807) is 43.0 Å². The average Bonchev–Trinajstić information content (AvgIpc) is 2.53. The number of carbonyl (C=O) groups excluding carboxylic acids is 1. The van der Waals surface area contributed by atoms with E-state index >= 15 is 0 Å². The number of rotatable bonds is 2. The Labute approximate surface area is 134 Å². The third kappa shape index (κ3) is 2.69. The smallest absolute Gasteiger partial charge is 0.272 e. The molecule has 0 aliphatic carbocycles. The Morgan fingerprint density at radius 2 is 1.96 bits per heavy atom. The lowest BCUT2D eigenvalue weighted by Gasteiger charge is -2.38. The van der Waals surface area contributed by atoms with Crippen molar-refractivity contribution in [2.45, 2.75) is 26.0 Å². The largest absolute Gasteiger partial charge is 0.474 e. The lowest BCUT2D eigenvalue weighted by Crippen LogP contribution is -2.52. The number of nitrogens with zero attached hydrogens (tertiary/aromatic N) is 3. The van der Waals surface area contributed by atoms with Gasteiger partial charge in [0.1, 0.15) is 5.82 Å². The zero-order chi connectivity index (χ0) is 16.6. The minimum absolute atomic E-state index is 0.188. The fraction of sp³-hybridized carbons (Fsp3) is 0.235. The number of fused-ring (bicyclic) bond motifs is 1. The van der Waals surface area contributed by atoms with Crippen LogP contribution >= 0.6 is 0 Å². The van der Waals surface area contributed by atoms with Crippen LogP contribution in [0.5, 0.6) is 5.75 Å². The van der Waals surface area contributed by atoms with E-state index in [4.69, 9.17) is 15.7 Å². The Kier molecular flexibility index (Phi) is 3.41. The molecule has 0 saturated heterocycles. The number of benzene rings is 1. The van der Waals surface area contributed by atoms with Gasteiger partial charge < -0.3 is 10.5 Å². The van der Waals surface area contributed by atoms with Gasteiger partial charge in [-0.15, -0.1) is 0 Å². The number of amides is 1. The van der Waals surface area contributed by atoms with Gasteiger partial charge in [-0.05, 0) is 43.7 Å². The highest BCUT2D eigenvalue weighted by molar-refractivity contribution is 6.01. The van der Waals surface area contributed by atoms with Crippen LogP contribution in [0.3, 0.4) is 0 Å². The van der Waals surface area contributed by atoms with Gasteiger partial charge in [-0.3, -0.25) is 9.69 Å². The van der Waals surface area contributed by atoms with Crippen molar-refractivity contribution in [1.82, 2.24) is 4.98 Å². The quantitative estimate of drug-likeness (QED) is 0.918. The molecule has 0 unspecified atom stereocenters. The maximum absolute atomic E-state index is 12.7. The Balaban J connectivity index is 2.00. The molecule has 116 valence electrons. The van der Waals surface area contributed by atoms with Gasteiger partial charge in [0, 0.05) is 0 Å². The van der Waals surface area contributed by atoms with Crippen molar-refractivity contribution in [1.29, 1.82) is 5.26 Å². The van der Waals surface area contributed by atoms with Gasteiger partial charge in [0.15, 0.2) is 17.2 Å². The topological polar surface area (TPSA) is 92.2 Å². The highest BCUT2D eigenvalue weighted by Gasteiger charge is 2.41. The summed E-state index contributed by atoms with van der Waals surface area (Å²) in [5.41, 5.74) is 6.24. The lowest BCUT2D eigenvalue weighted by molar-refractivity contribution is -0.132.